The van der Waals surface area contributed by atoms with Gasteiger partial charge in [-0.3, -0.25) is 4.84 Å². The summed E-state index contributed by atoms with van der Waals surface area (Å²) in [5.41, 5.74) is 5.62. The smallest absolute Gasteiger partial charge is 0.149 e. The van der Waals surface area contributed by atoms with E-state index in [1.807, 2.05) is 49.4 Å². The molecule has 0 saturated heterocycles. The van der Waals surface area contributed by atoms with Crippen LogP contribution in [0.5, 0.6) is 0 Å². The lowest BCUT2D eigenvalue weighted by Crippen LogP contribution is -2.40. The Morgan fingerprint density at radius 3 is 2.59 bits per heavy atom. The zero-order valence-corrected chi connectivity index (χ0v) is 22.6. The lowest BCUT2D eigenvalue weighted by Gasteiger charge is -2.33. The molecule has 0 bridgehead atoms. The highest BCUT2D eigenvalue weighted by Crippen LogP contribution is 2.33. The third-order valence-electron chi connectivity index (χ3n) is 5.49. The first-order valence-corrected chi connectivity index (χ1v) is 12.7. The minimum Gasteiger partial charge on any atom is -0.393 e. The molecule has 1 aliphatic rings. The van der Waals surface area contributed by atoms with Crippen molar-refractivity contribution < 1.29 is 14.3 Å². The number of halogens is 3. The minimum absolute atomic E-state index is 0.156. The summed E-state index contributed by atoms with van der Waals surface area (Å²) in [6.07, 6.45) is 3.76. The van der Waals surface area contributed by atoms with Crippen LogP contribution in [-0.4, -0.2) is 41.9 Å². The van der Waals surface area contributed by atoms with Crippen LogP contribution in [0.4, 0.5) is 4.39 Å². The minimum atomic E-state index is -1.32. The molecular weight excluding hydrogens is 521 g/mol. The maximum atomic E-state index is 16.2. The Labute approximate surface area is 216 Å². The van der Waals surface area contributed by atoms with Gasteiger partial charge in [0.15, 0.2) is 0 Å². The number of hydrogen-bond acceptors (Lipinski definition) is 5. The Hall–Kier alpha value is -1.64. The van der Waals surface area contributed by atoms with E-state index in [2.05, 4.69) is 38.6 Å². The predicted octanol–water partition coefficient (Wildman–Crippen LogP) is 5.25. The molecule has 0 saturated carbocycles. The SMILES string of the molecule is C=C(Cl)/C(=C\CC(C)Br)NC1=C(CNOC(C)(C)CO)C=C(NC)C(Cc2ccccc2)C1F. The van der Waals surface area contributed by atoms with Crippen molar-refractivity contribution >= 4 is 27.5 Å². The van der Waals surface area contributed by atoms with Crippen LogP contribution in [0.3, 0.4) is 0 Å². The number of allylic oxidation sites excluding steroid dienone is 4. The van der Waals surface area contributed by atoms with Gasteiger partial charge in [-0.1, -0.05) is 77.4 Å². The zero-order valence-electron chi connectivity index (χ0n) is 20.3. The number of aliphatic hydroxyl groups excluding tert-OH is 1. The number of hydroxylamine groups is 1. The summed E-state index contributed by atoms with van der Waals surface area (Å²) in [4.78, 5) is 5.82. The lowest BCUT2D eigenvalue weighted by atomic mass is 9.84. The predicted molar refractivity (Wildman–Crippen MR) is 142 cm³/mol. The van der Waals surface area contributed by atoms with Crippen LogP contribution < -0.4 is 16.1 Å². The molecule has 3 atom stereocenters. The van der Waals surface area contributed by atoms with Gasteiger partial charge >= 0.3 is 0 Å². The molecule has 188 valence electrons. The van der Waals surface area contributed by atoms with Crippen LogP contribution in [-0.2, 0) is 11.3 Å². The summed E-state index contributed by atoms with van der Waals surface area (Å²) in [5, 5.41) is 16.2. The fraction of sp³-hybridized carbons (Fsp3) is 0.462. The monoisotopic (exact) mass is 555 g/mol. The van der Waals surface area contributed by atoms with Gasteiger partial charge in [0.1, 0.15) is 11.8 Å². The molecule has 1 aromatic rings. The highest BCUT2D eigenvalue weighted by molar-refractivity contribution is 9.09. The summed E-state index contributed by atoms with van der Waals surface area (Å²) in [6, 6.07) is 9.87. The number of nitrogens with one attached hydrogen (secondary N) is 3. The number of hydrogen-bond donors (Lipinski definition) is 4. The van der Waals surface area contributed by atoms with Gasteiger partial charge in [0.25, 0.3) is 0 Å². The van der Waals surface area contributed by atoms with Gasteiger partial charge in [0.2, 0.25) is 0 Å². The molecule has 0 fully saturated rings. The largest absolute Gasteiger partial charge is 0.393 e. The van der Waals surface area contributed by atoms with Gasteiger partial charge in [-0.2, -0.15) is 5.48 Å². The van der Waals surface area contributed by atoms with E-state index in [1.165, 1.54) is 0 Å². The Bertz CT molecular complexity index is 916. The fourth-order valence-electron chi connectivity index (χ4n) is 3.54. The van der Waals surface area contributed by atoms with Crippen LogP contribution >= 0.6 is 27.5 Å². The zero-order chi connectivity index (χ0) is 25.3. The quantitative estimate of drug-likeness (QED) is 0.152. The number of benzene rings is 1. The average Bonchev–Trinajstić information content (AvgIpc) is 2.79. The summed E-state index contributed by atoms with van der Waals surface area (Å²) in [5.74, 6) is -0.409. The molecule has 0 spiro atoms. The third kappa shape index (κ3) is 8.54. The number of alkyl halides is 2. The molecule has 0 heterocycles. The van der Waals surface area contributed by atoms with Gasteiger partial charge < -0.3 is 15.7 Å². The van der Waals surface area contributed by atoms with Crippen LogP contribution in [0, 0.1) is 5.92 Å². The molecule has 0 aliphatic heterocycles. The fourth-order valence-corrected chi connectivity index (χ4v) is 3.85. The molecule has 34 heavy (non-hydrogen) atoms. The van der Waals surface area contributed by atoms with Gasteiger partial charge in [-0.15, -0.1) is 0 Å². The van der Waals surface area contributed by atoms with E-state index in [4.69, 9.17) is 16.4 Å². The van der Waals surface area contributed by atoms with Crippen LogP contribution in [0.2, 0.25) is 0 Å². The molecule has 0 amide bonds. The van der Waals surface area contributed by atoms with Gasteiger partial charge in [-0.05, 0) is 43.9 Å². The van der Waals surface area contributed by atoms with Crippen molar-refractivity contribution in [3.05, 3.63) is 82.3 Å². The lowest BCUT2D eigenvalue weighted by molar-refractivity contribution is -0.106. The second-order valence-corrected chi connectivity index (χ2v) is 11.0. The first-order valence-electron chi connectivity index (χ1n) is 11.4. The second-order valence-electron chi connectivity index (χ2n) is 8.99. The van der Waals surface area contributed by atoms with Crippen molar-refractivity contribution in [2.75, 3.05) is 20.2 Å². The van der Waals surface area contributed by atoms with E-state index in [-0.39, 0.29) is 18.0 Å². The van der Waals surface area contributed by atoms with E-state index in [0.29, 0.717) is 34.8 Å². The van der Waals surface area contributed by atoms with Crippen molar-refractivity contribution in [2.24, 2.45) is 5.92 Å². The van der Waals surface area contributed by atoms with Gasteiger partial charge in [-0.25, -0.2) is 4.39 Å². The van der Waals surface area contributed by atoms with Gasteiger partial charge in [0.05, 0.1) is 23.0 Å². The van der Waals surface area contributed by atoms with E-state index in [0.717, 1.165) is 11.3 Å². The molecule has 0 radical (unpaired) electrons. The average molecular weight is 557 g/mol. The highest BCUT2D eigenvalue weighted by atomic mass is 79.9. The summed E-state index contributed by atoms with van der Waals surface area (Å²) >= 11 is 9.79. The highest BCUT2D eigenvalue weighted by Gasteiger charge is 2.34. The first-order chi connectivity index (χ1) is 16.1. The summed E-state index contributed by atoms with van der Waals surface area (Å²) in [6.45, 7) is 9.47. The van der Waals surface area contributed by atoms with Gasteiger partial charge in [0, 0.05) is 30.0 Å². The Balaban J connectivity index is 2.41. The molecule has 4 N–H and O–H groups in total. The molecule has 5 nitrogen and oxygen atoms in total. The third-order valence-corrected chi connectivity index (χ3v) is 6.07. The molecular formula is C26H36BrClFN3O2. The normalized spacial score (nSPS) is 20.1. The van der Waals surface area contributed by atoms with Crippen LogP contribution in [0.15, 0.2) is 76.8 Å². The summed E-state index contributed by atoms with van der Waals surface area (Å²) in [7, 11) is 1.80. The second kappa shape index (κ2) is 13.4. The van der Waals surface area contributed by atoms with E-state index in [9.17, 15) is 5.11 Å². The Morgan fingerprint density at radius 1 is 1.35 bits per heavy atom. The first kappa shape index (κ1) is 28.6. The summed E-state index contributed by atoms with van der Waals surface area (Å²) < 4.78 is 16.2. The standard InChI is InChI=1S/C26H36BrClFN3O2/c1-17(27)11-12-22(18(2)28)32-25-20(15-31-34-26(3,4)16-33)14-23(30-5)21(24(25)29)13-19-9-7-6-8-10-19/h6-10,12,14,17,21,24,30-33H,2,11,13,15-16H2,1,3-5H3/b22-12+. The molecule has 1 aromatic carbocycles. The molecule has 1 aliphatic carbocycles. The molecule has 3 unspecified atom stereocenters. The van der Waals surface area contributed by atoms with E-state index < -0.39 is 17.7 Å². The van der Waals surface area contributed by atoms with Crippen LogP contribution in [0.1, 0.15) is 32.8 Å². The molecule has 0 aromatic heterocycles. The Kier molecular flexibility index (Phi) is 11.3. The maximum absolute atomic E-state index is 16.2. The molecule has 8 heteroatoms. The van der Waals surface area contributed by atoms with Crippen molar-refractivity contribution in [2.45, 2.75) is 50.2 Å². The topological polar surface area (TPSA) is 65.5 Å². The number of aliphatic hydroxyl groups is 1. The van der Waals surface area contributed by atoms with Crippen molar-refractivity contribution in [1.82, 2.24) is 16.1 Å². The Morgan fingerprint density at radius 2 is 2.03 bits per heavy atom. The van der Waals surface area contributed by atoms with Crippen molar-refractivity contribution in [3.8, 4) is 0 Å². The van der Waals surface area contributed by atoms with Crippen molar-refractivity contribution in [3.63, 3.8) is 0 Å². The van der Waals surface area contributed by atoms with Crippen LogP contribution in [0.25, 0.3) is 0 Å². The maximum Gasteiger partial charge on any atom is 0.149 e. The van der Waals surface area contributed by atoms with E-state index in [1.54, 1.807) is 20.9 Å². The number of rotatable bonds is 13. The molecule has 2 rings (SSSR count). The van der Waals surface area contributed by atoms with E-state index >= 15 is 4.39 Å². The van der Waals surface area contributed by atoms with Crippen molar-refractivity contribution in [1.29, 1.82) is 0 Å².